The summed E-state index contributed by atoms with van der Waals surface area (Å²) in [6.45, 7) is 5.20. The van der Waals surface area contributed by atoms with E-state index in [-0.39, 0.29) is 12.5 Å². The van der Waals surface area contributed by atoms with Gasteiger partial charge >= 0.3 is 5.97 Å². The topological polar surface area (TPSA) is 59.5 Å². The Hall–Kier alpha value is -2.43. The minimum absolute atomic E-state index is 0.107. The lowest BCUT2D eigenvalue weighted by Crippen LogP contribution is -2.35. The molecule has 2 aromatic rings. The highest BCUT2D eigenvalue weighted by Crippen LogP contribution is 2.24. The summed E-state index contributed by atoms with van der Waals surface area (Å²) in [7, 11) is 0. The summed E-state index contributed by atoms with van der Waals surface area (Å²) in [6, 6.07) is 7.77. The summed E-state index contributed by atoms with van der Waals surface area (Å²) in [5.41, 5.74) is 2.95. The normalized spacial score (nSPS) is 14.9. The highest BCUT2D eigenvalue weighted by molar-refractivity contribution is 5.99. The Morgan fingerprint density at radius 1 is 1.12 bits per heavy atom. The minimum atomic E-state index is -0.458. The first-order valence-electron chi connectivity index (χ1n) is 9.45. The SMILES string of the molecule is CCc1nc2ccccc2c(C)c1C(=O)OCC(=O)N1CCCCCC1. The summed E-state index contributed by atoms with van der Waals surface area (Å²) in [5.74, 6) is -0.564. The van der Waals surface area contributed by atoms with E-state index in [0.29, 0.717) is 17.7 Å². The van der Waals surface area contributed by atoms with Gasteiger partial charge in [0, 0.05) is 18.5 Å². The van der Waals surface area contributed by atoms with Gasteiger partial charge in [0.05, 0.1) is 16.8 Å². The van der Waals surface area contributed by atoms with E-state index in [1.807, 2.05) is 43.0 Å². The molecular weight excluding hydrogens is 328 g/mol. The molecule has 0 spiro atoms. The molecule has 1 aromatic carbocycles. The number of ether oxygens (including phenoxy) is 1. The van der Waals surface area contributed by atoms with E-state index < -0.39 is 5.97 Å². The van der Waals surface area contributed by atoms with Crippen molar-refractivity contribution in [1.82, 2.24) is 9.88 Å². The van der Waals surface area contributed by atoms with Crippen molar-refractivity contribution >= 4 is 22.8 Å². The Balaban J connectivity index is 1.77. The van der Waals surface area contributed by atoms with E-state index >= 15 is 0 Å². The monoisotopic (exact) mass is 354 g/mol. The second-order valence-electron chi connectivity index (χ2n) is 6.80. The molecule has 2 heterocycles. The molecule has 0 saturated carbocycles. The Labute approximate surface area is 154 Å². The first kappa shape index (κ1) is 18.4. The summed E-state index contributed by atoms with van der Waals surface area (Å²) in [6.07, 6.45) is 4.99. The molecule has 0 atom stereocenters. The maximum absolute atomic E-state index is 12.7. The molecule has 1 aliphatic rings. The number of esters is 1. The molecule has 3 rings (SSSR count). The Bertz CT molecular complexity index is 808. The van der Waals surface area contributed by atoms with Gasteiger partial charge in [0.25, 0.3) is 5.91 Å². The number of benzene rings is 1. The zero-order valence-electron chi connectivity index (χ0n) is 15.6. The van der Waals surface area contributed by atoms with Crippen LogP contribution in [0, 0.1) is 6.92 Å². The maximum Gasteiger partial charge on any atom is 0.340 e. The number of amides is 1. The number of pyridine rings is 1. The van der Waals surface area contributed by atoms with Crippen LogP contribution in [-0.2, 0) is 16.0 Å². The third-order valence-electron chi connectivity index (χ3n) is 5.05. The number of hydrogen-bond donors (Lipinski definition) is 0. The van der Waals surface area contributed by atoms with Gasteiger partial charge in [0.1, 0.15) is 0 Å². The standard InChI is InChI=1S/C21H26N2O3/c1-3-17-20(15(2)16-10-6-7-11-18(16)22-17)21(25)26-14-19(24)23-12-8-4-5-9-13-23/h6-7,10-11H,3-5,8-9,12-14H2,1-2H3. The van der Waals surface area contributed by atoms with Crippen LogP contribution in [0.5, 0.6) is 0 Å². The zero-order chi connectivity index (χ0) is 18.5. The lowest BCUT2D eigenvalue weighted by atomic mass is 10.0. The van der Waals surface area contributed by atoms with Crippen molar-refractivity contribution in [2.24, 2.45) is 0 Å². The van der Waals surface area contributed by atoms with Crippen molar-refractivity contribution < 1.29 is 14.3 Å². The molecule has 1 aromatic heterocycles. The number of aryl methyl sites for hydroxylation is 2. The minimum Gasteiger partial charge on any atom is -0.452 e. The summed E-state index contributed by atoms with van der Waals surface area (Å²) < 4.78 is 5.39. The van der Waals surface area contributed by atoms with Crippen LogP contribution >= 0.6 is 0 Å². The molecule has 26 heavy (non-hydrogen) atoms. The number of carbonyl (C=O) groups excluding carboxylic acids is 2. The highest BCUT2D eigenvalue weighted by atomic mass is 16.5. The third-order valence-corrected chi connectivity index (χ3v) is 5.05. The maximum atomic E-state index is 12.7. The van der Waals surface area contributed by atoms with E-state index in [9.17, 15) is 9.59 Å². The van der Waals surface area contributed by atoms with Gasteiger partial charge in [-0.25, -0.2) is 4.79 Å². The molecule has 0 radical (unpaired) electrons. The second kappa shape index (κ2) is 8.30. The van der Waals surface area contributed by atoms with E-state index in [1.54, 1.807) is 0 Å². The molecule has 0 bridgehead atoms. The van der Waals surface area contributed by atoms with Crippen molar-refractivity contribution in [3.05, 3.63) is 41.1 Å². The summed E-state index contributed by atoms with van der Waals surface area (Å²) in [4.78, 5) is 31.5. The molecule has 138 valence electrons. The smallest absolute Gasteiger partial charge is 0.340 e. The highest BCUT2D eigenvalue weighted by Gasteiger charge is 2.22. The average Bonchev–Trinajstić information content (AvgIpc) is 2.95. The van der Waals surface area contributed by atoms with Crippen molar-refractivity contribution in [3.63, 3.8) is 0 Å². The summed E-state index contributed by atoms with van der Waals surface area (Å²) >= 11 is 0. The van der Waals surface area contributed by atoms with Crippen molar-refractivity contribution in [1.29, 1.82) is 0 Å². The number of likely N-dealkylation sites (tertiary alicyclic amines) is 1. The lowest BCUT2D eigenvalue weighted by Gasteiger charge is -2.20. The van der Waals surface area contributed by atoms with Crippen LogP contribution in [0.2, 0.25) is 0 Å². The lowest BCUT2D eigenvalue weighted by molar-refractivity contribution is -0.134. The number of nitrogens with zero attached hydrogens (tertiary/aromatic N) is 2. The fraction of sp³-hybridized carbons (Fsp3) is 0.476. The Kier molecular flexibility index (Phi) is 5.86. The number of fused-ring (bicyclic) bond motifs is 1. The van der Waals surface area contributed by atoms with Crippen LogP contribution in [0.3, 0.4) is 0 Å². The van der Waals surface area contributed by atoms with Crippen LogP contribution in [0.25, 0.3) is 10.9 Å². The second-order valence-corrected chi connectivity index (χ2v) is 6.80. The molecule has 0 unspecified atom stereocenters. The summed E-state index contributed by atoms with van der Waals surface area (Å²) in [5, 5.41) is 0.940. The number of aromatic nitrogens is 1. The van der Waals surface area contributed by atoms with Crippen LogP contribution in [0.1, 0.15) is 54.2 Å². The molecule has 1 amide bonds. The van der Waals surface area contributed by atoms with Gasteiger partial charge < -0.3 is 9.64 Å². The molecular formula is C21H26N2O3. The molecule has 1 saturated heterocycles. The number of rotatable bonds is 4. The van der Waals surface area contributed by atoms with Crippen LogP contribution in [0.15, 0.2) is 24.3 Å². The van der Waals surface area contributed by atoms with Crippen molar-refractivity contribution in [3.8, 4) is 0 Å². The molecule has 1 fully saturated rings. The van der Waals surface area contributed by atoms with Crippen molar-refractivity contribution in [2.45, 2.75) is 46.0 Å². The van der Waals surface area contributed by atoms with Crippen molar-refractivity contribution in [2.75, 3.05) is 19.7 Å². The predicted molar refractivity (Wildman–Crippen MR) is 101 cm³/mol. The van der Waals surface area contributed by atoms with E-state index in [1.165, 1.54) is 0 Å². The van der Waals surface area contributed by atoms with Gasteiger partial charge in [-0.1, -0.05) is 38.0 Å². The van der Waals surface area contributed by atoms with E-state index in [0.717, 1.165) is 55.2 Å². The fourth-order valence-electron chi connectivity index (χ4n) is 3.58. The van der Waals surface area contributed by atoms with Gasteiger partial charge in [-0.15, -0.1) is 0 Å². The number of hydrogen-bond acceptors (Lipinski definition) is 4. The van der Waals surface area contributed by atoms with Gasteiger partial charge in [0.15, 0.2) is 6.61 Å². The fourth-order valence-corrected chi connectivity index (χ4v) is 3.58. The number of para-hydroxylation sites is 1. The predicted octanol–water partition coefficient (Wildman–Crippen LogP) is 3.67. The average molecular weight is 354 g/mol. The van der Waals surface area contributed by atoms with Crippen LogP contribution in [-0.4, -0.2) is 41.5 Å². The quantitative estimate of drug-likeness (QED) is 0.786. The zero-order valence-corrected chi connectivity index (χ0v) is 15.6. The molecule has 0 N–H and O–H groups in total. The third kappa shape index (κ3) is 3.87. The van der Waals surface area contributed by atoms with Gasteiger partial charge in [0.2, 0.25) is 0 Å². The van der Waals surface area contributed by atoms with Crippen LogP contribution < -0.4 is 0 Å². The largest absolute Gasteiger partial charge is 0.452 e. The molecule has 0 aliphatic carbocycles. The Morgan fingerprint density at radius 2 is 1.81 bits per heavy atom. The van der Waals surface area contributed by atoms with Crippen LogP contribution in [0.4, 0.5) is 0 Å². The molecule has 1 aliphatic heterocycles. The first-order valence-corrected chi connectivity index (χ1v) is 9.45. The van der Waals surface area contributed by atoms with Gasteiger partial charge in [-0.05, 0) is 37.8 Å². The van der Waals surface area contributed by atoms with E-state index in [2.05, 4.69) is 4.98 Å². The molecule has 5 heteroatoms. The number of carbonyl (C=O) groups is 2. The Morgan fingerprint density at radius 3 is 2.50 bits per heavy atom. The first-order chi connectivity index (χ1) is 12.6. The van der Waals surface area contributed by atoms with Gasteiger partial charge in [-0.3, -0.25) is 9.78 Å². The van der Waals surface area contributed by atoms with E-state index in [4.69, 9.17) is 4.74 Å². The van der Waals surface area contributed by atoms with Gasteiger partial charge in [-0.2, -0.15) is 0 Å². The molecule has 5 nitrogen and oxygen atoms in total.